The Balaban J connectivity index is 1.63. The normalized spacial score (nSPS) is 11.9. The number of nitrogens with zero attached hydrogens (tertiary/aromatic N) is 4. The molecule has 0 spiro atoms. The first kappa shape index (κ1) is 31.0. The van der Waals surface area contributed by atoms with E-state index < -0.39 is 11.7 Å². The van der Waals surface area contributed by atoms with E-state index in [1.807, 2.05) is 94.4 Å². The Morgan fingerprint density at radius 2 is 1.08 bits per heavy atom. The third-order valence-corrected chi connectivity index (χ3v) is 9.84. The topological polar surface area (TPSA) is 38.0 Å². The average molecular weight is 659 g/mol. The zero-order valence-corrected chi connectivity index (χ0v) is 27.7. The molecule has 0 aliphatic carbocycles. The highest BCUT2D eigenvalue weighted by atomic mass is 19.4. The van der Waals surface area contributed by atoms with Crippen molar-refractivity contribution in [3.05, 3.63) is 148 Å². The summed E-state index contributed by atoms with van der Waals surface area (Å²) in [7, 11) is 0. The SMILES string of the molecule is [C-]#[N+]c1cc(-c2ccc(-n3c4c(C)cccc4c4cccc(C)c43)c(C#N)c2-n2c3c(C)cccc3c3cccc(C)c32)cc(C(F)(F)F)c1. The van der Waals surface area contributed by atoms with Crippen LogP contribution >= 0.6 is 0 Å². The van der Waals surface area contributed by atoms with Gasteiger partial charge in [-0.2, -0.15) is 18.4 Å². The Labute approximate surface area is 286 Å². The monoisotopic (exact) mass is 658 g/mol. The molecule has 0 unspecified atom stereocenters. The number of halogens is 3. The summed E-state index contributed by atoms with van der Waals surface area (Å²) in [5, 5.41) is 15.3. The molecule has 0 bridgehead atoms. The van der Waals surface area contributed by atoms with Crippen molar-refractivity contribution >= 4 is 49.3 Å². The first-order valence-corrected chi connectivity index (χ1v) is 16.2. The maximum absolute atomic E-state index is 14.3. The summed E-state index contributed by atoms with van der Waals surface area (Å²) in [6.07, 6.45) is -4.67. The van der Waals surface area contributed by atoms with Crippen LogP contribution in [-0.2, 0) is 6.18 Å². The number of aryl methyl sites for hydroxylation is 4. The molecule has 0 amide bonds. The van der Waals surface area contributed by atoms with Gasteiger partial charge in [0, 0.05) is 32.7 Å². The molecule has 0 radical (unpaired) electrons. The minimum atomic E-state index is -4.67. The van der Waals surface area contributed by atoms with Crippen LogP contribution in [0.5, 0.6) is 0 Å². The van der Waals surface area contributed by atoms with Crippen molar-refractivity contribution in [3.8, 4) is 28.6 Å². The molecule has 6 aromatic carbocycles. The Hall–Kier alpha value is -6.31. The number of fused-ring (bicyclic) bond motifs is 6. The minimum absolute atomic E-state index is 0.133. The summed E-state index contributed by atoms with van der Waals surface area (Å²) in [5.41, 5.74) is 8.53. The number of nitriles is 1. The largest absolute Gasteiger partial charge is 0.415 e. The lowest BCUT2D eigenvalue weighted by atomic mass is 9.95. The minimum Gasteiger partial charge on any atom is -0.307 e. The number of rotatable bonds is 3. The van der Waals surface area contributed by atoms with E-state index in [-0.39, 0.29) is 11.3 Å². The fourth-order valence-corrected chi connectivity index (χ4v) is 7.72. The van der Waals surface area contributed by atoms with Crippen LogP contribution < -0.4 is 0 Å². The van der Waals surface area contributed by atoms with Gasteiger partial charge in [-0.15, -0.1) is 0 Å². The van der Waals surface area contributed by atoms with Gasteiger partial charge in [0.25, 0.3) is 0 Å². The molecule has 0 fully saturated rings. The number of benzene rings is 6. The second-order valence-electron chi connectivity index (χ2n) is 12.9. The van der Waals surface area contributed by atoms with Crippen LogP contribution in [0.1, 0.15) is 33.4 Å². The Morgan fingerprint density at radius 3 is 1.50 bits per heavy atom. The number of hydrogen-bond donors (Lipinski definition) is 0. The molecule has 0 aliphatic heterocycles. The maximum Gasteiger partial charge on any atom is 0.415 e. The van der Waals surface area contributed by atoms with Gasteiger partial charge in [0.15, 0.2) is 5.69 Å². The van der Waals surface area contributed by atoms with Crippen molar-refractivity contribution < 1.29 is 13.2 Å². The van der Waals surface area contributed by atoms with E-state index in [0.29, 0.717) is 22.5 Å². The molecule has 2 heterocycles. The third kappa shape index (κ3) is 4.44. The molecule has 0 atom stereocenters. The highest BCUT2D eigenvalue weighted by Crippen LogP contribution is 2.45. The second kappa shape index (κ2) is 11.1. The van der Waals surface area contributed by atoms with Crippen molar-refractivity contribution in [2.45, 2.75) is 33.9 Å². The van der Waals surface area contributed by atoms with Crippen molar-refractivity contribution in [2.75, 3.05) is 0 Å². The van der Waals surface area contributed by atoms with E-state index in [1.165, 1.54) is 6.07 Å². The van der Waals surface area contributed by atoms with E-state index in [4.69, 9.17) is 6.57 Å². The Kier molecular flexibility index (Phi) is 6.89. The Morgan fingerprint density at radius 1 is 0.620 bits per heavy atom. The van der Waals surface area contributed by atoms with Crippen molar-refractivity contribution in [1.29, 1.82) is 5.26 Å². The molecule has 0 saturated heterocycles. The van der Waals surface area contributed by atoms with Crippen LogP contribution in [0.15, 0.2) is 103 Å². The number of hydrogen-bond acceptors (Lipinski definition) is 1. The van der Waals surface area contributed by atoms with Crippen LogP contribution in [0.3, 0.4) is 0 Å². The number of aromatic nitrogens is 2. The molecule has 4 nitrogen and oxygen atoms in total. The Bertz CT molecular complexity index is 2700. The summed E-state index contributed by atoms with van der Waals surface area (Å²) in [5.74, 6) is 0. The lowest BCUT2D eigenvalue weighted by Crippen LogP contribution is -2.09. The average Bonchev–Trinajstić information content (AvgIpc) is 3.63. The second-order valence-corrected chi connectivity index (χ2v) is 12.9. The predicted molar refractivity (Wildman–Crippen MR) is 195 cm³/mol. The summed E-state index contributed by atoms with van der Waals surface area (Å²) in [6.45, 7) is 15.8. The van der Waals surface area contributed by atoms with Crippen molar-refractivity contribution in [3.63, 3.8) is 0 Å². The standard InChI is InChI=1S/C43H29F3N4/c1-24-10-6-14-32-33-15-7-11-25(2)39(33)49(38(24)32)37-19-18-31(28-20-29(43(44,45)46)22-30(21-28)48-5)42(36(37)23-47)50-40-26(3)12-8-16-34(40)35-17-9-13-27(4)41(35)50/h6-22H,1-4H3. The molecule has 50 heavy (non-hydrogen) atoms. The predicted octanol–water partition coefficient (Wildman–Crippen LogP) is 12.2. The van der Waals surface area contributed by atoms with Gasteiger partial charge < -0.3 is 9.13 Å². The summed E-state index contributed by atoms with van der Waals surface area (Å²) < 4.78 is 47.1. The lowest BCUT2D eigenvalue weighted by molar-refractivity contribution is -0.137. The summed E-state index contributed by atoms with van der Waals surface area (Å²) in [6, 6.07) is 34.0. The van der Waals surface area contributed by atoms with E-state index in [2.05, 4.69) is 32.2 Å². The summed E-state index contributed by atoms with van der Waals surface area (Å²) in [4.78, 5) is 3.41. The number of alkyl halides is 3. The van der Waals surface area contributed by atoms with Gasteiger partial charge in [0.05, 0.1) is 40.0 Å². The van der Waals surface area contributed by atoms with Crippen LogP contribution in [0.4, 0.5) is 18.9 Å². The van der Waals surface area contributed by atoms with Gasteiger partial charge in [-0.1, -0.05) is 78.9 Å². The molecule has 0 saturated carbocycles. The molecular formula is C43H29F3N4. The number of para-hydroxylation sites is 4. The molecule has 0 N–H and O–H groups in total. The maximum atomic E-state index is 14.3. The van der Waals surface area contributed by atoms with E-state index in [9.17, 15) is 18.4 Å². The quantitative estimate of drug-likeness (QED) is 0.174. The van der Waals surface area contributed by atoms with Gasteiger partial charge in [0.2, 0.25) is 0 Å². The van der Waals surface area contributed by atoms with Crippen LogP contribution in [-0.4, -0.2) is 9.13 Å². The third-order valence-electron chi connectivity index (χ3n) is 9.84. The van der Waals surface area contributed by atoms with Gasteiger partial charge in [0.1, 0.15) is 11.6 Å². The van der Waals surface area contributed by atoms with Crippen molar-refractivity contribution in [1.82, 2.24) is 9.13 Å². The van der Waals surface area contributed by atoms with Gasteiger partial charge >= 0.3 is 6.18 Å². The van der Waals surface area contributed by atoms with Gasteiger partial charge in [-0.3, -0.25) is 0 Å². The highest BCUT2D eigenvalue weighted by Gasteiger charge is 2.32. The first-order chi connectivity index (χ1) is 24.0. The van der Waals surface area contributed by atoms with Gasteiger partial charge in [-0.25, -0.2) is 4.85 Å². The fraction of sp³-hybridized carbons (Fsp3) is 0.116. The fourth-order valence-electron chi connectivity index (χ4n) is 7.72. The zero-order chi connectivity index (χ0) is 35.1. The molecule has 7 heteroatoms. The van der Waals surface area contributed by atoms with Crippen molar-refractivity contribution in [2.24, 2.45) is 0 Å². The zero-order valence-electron chi connectivity index (χ0n) is 27.7. The first-order valence-electron chi connectivity index (χ1n) is 16.2. The van der Waals surface area contributed by atoms with Gasteiger partial charge in [-0.05, 0) is 79.8 Å². The molecule has 2 aromatic heterocycles. The molecular weight excluding hydrogens is 629 g/mol. The highest BCUT2D eigenvalue weighted by molar-refractivity contribution is 6.13. The molecule has 8 rings (SSSR count). The smallest absolute Gasteiger partial charge is 0.307 e. The molecule has 242 valence electrons. The van der Waals surface area contributed by atoms with Crippen LogP contribution in [0.2, 0.25) is 0 Å². The van der Waals surface area contributed by atoms with E-state index in [0.717, 1.165) is 78.0 Å². The van der Waals surface area contributed by atoms with Crippen LogP contribution in [0.25, 0.3) is 71.0 Å². The van der Waals surface area contributed by atoms with Crippen LogP contribution in [0, 0.1) is 45.6 Å². The summed E-state index contributed by atoms with van der Waals surface area (Å²) >= 11 is 0. The molecule has 0 aliphatic rings. The van der Waals surface area contributed by atoms with E-state index in [1.54, 1.807) is 6.07 Å². The lowest BCUT2D eigenvalue weighted by Gasteiger charge is -2.22. The van der Waals surface area contributed by atoms with E-state index >= 15 is 0 Å². The molecule has 8 aromatic rings.